The standard InChI is InChI=1S/C17H19BrFN/c1-11-6-12(2)8-13(7-11)9-17(20-3)15-10-14(18)4-5-16(15)19/h4-8,10,17,20H,9H2,1-3H3. The summed E-state index contributed by atoms with van der Waals surface area (Å²) in [4.78, 5) is 0. The summed E-state index contributed by atoms with van der Waals surface area (Å²) < 4.78 is 14.9. The van der Waals surface area contributed by atoms with Crippen LogP contribution in [0.25, 0.3) is 0 Å². The SMILES string of the molecule is CNC(Cc1cc(C)cc(C)c1)c1cc(Br)ccc1F. The second-order valence-corrected chi connectivity index (χ2v) is 6.12. The Labute approximate surface area is 128 Å². The lowest BCUT2D eigenvalue weighted by Crippen LogP contribution is -2.20. The zero-order chi connectivity index (χ0) is 14.7. The Kier molecular flexibility index (Phi) is 4.95. The van der Waals surface area contributed by atoms with Crippen molar-refractivity contribution in [1.29, 1.82) is 0 Å². The highest BCUT2D eigenvalue weighted by Gasteiger charge is 2.15. The molecule has 0 aliphatic heterocycles. The van der Waals surface area contributed by atoms with Gasteiger partial charge in [0.15, 0.2) is 0 Å². The van der Waals surface area contributed by atoms with E-state index >= 15 is 0 Å². The summed E-state index contributed by atoms with van der Waals surface area (Å²) in [6, 6.07) is 11.5. The molecule has 0 fully saturated rings. The van der Waals surface area contributed by atoms with Gasteiger partial charge in [-0.3, -0.25) is 0 Å². The van der Waals surface area contributed by atoms with Gasteiger partial charge in [-0.15, -0.1) is 0 Å². The smallest absolute Gasteiger partial charge is 0.128 e. The topological polar surface area (TPSA) is 12.0 Å². The van der Waals surface area contributed by atoms with Crippen molar-refractivity contribution in [3.63, 3.8) is 0 Å². The molecule has 2 rings (SSSR count). The third-order valence-corrected chi connectivity index (χ3v) is 3.90. The van der Waals surface area contributed by atoms with E-state index in [9.17, 15) is 4.39 Å². The Balaban J connectivity index is 2.31. The van der Waals surface area contributed by atoms with E-state index < -0.39 is 0 Å². The van der Waals surface area contributed by atoms with E-state index in [1.807, 2.05) is 13.1 Å². The normalized spacial score (nSPS) is 12.4. The molecule has 0 aromatic heterocycles. The molecule has 1 unspecified atom stereocenters. The molecule has 0 heterocycles. The first kappa shape index (κ1) is 15.2. The Morgan fingerprint density at radius 1 is 1.10 bits per heavy atom. The summed E-state index contributed by atoms with van der Waals surface area (Å²) in [5.41, 5.74) is 4.40. The van der Waals surface area contributed by atoms with Crippen molar-refractivity contribution in [3.05, 3.63) is 68.9 Å². The number of hydrogen-bond acceptors (Lipinski definition) is 1. The van der Waals surface area contributed by atoms with Gasteiger partial charge in [0.25, 0.3) is 0 Å². The van der Waals surface area contributed by atoms with Gasteiger partial charge >= 0.3 is 0 Å². The quantitative estimate of drug-likeness (QED) is 0.853. The minimum absolute atomic E-state index is 0.0336. The van der Waals surface area contributed by atoms with Crippen molar-refractivity contribution in [3.8, 4) is 0 Å². The molecule has 2 aromatic carbocycles. The molecule has 1 nitrogen and oxygen atoms in total. The highest BCUT2D eigenvalue weighted by Crippen LogP contribution is 2.25. The number of likely N-dealkylation sites (N-methyl/N-ethyl adjacent to an activating group) is 1. The first-order valence-electron chi connectivity index (χ1n) is 6.69. The first-order valence-corrected chi connectivity index (χ1v) is 7.48. The summed E-state index contributed by atoms with van der Waals surface area (Å²) in [5, 5.41) is 3.21. The maximum absolute atomic E-state index is 14.0. The average Bonchev–Trinajstić information content (AvgIpc) is 2.38. The largest absolute Gasteiger partial charge is 0.313 e. The lowest BCUT2D eigenvalue weighted by molar-refractivity contribution is 0.533. The van der Waals surface area contributed by atoms with Crippen molar-refractivity contribution < 1.29 is 4.39 Å². The van der Waals surface area contributed by atoms with Crippen LogP contribution < -0.4 is 5.32 Å². The van der Waals surface area contributed by atoms with E-state index in [-0.39, 0.29) is 11.9 Å². The molecular formula is C17H19BrFN. The highest BCUT2D eigenvalue weighted by atomic mass is 79.9. The van der Waals surface area contributed by atoms with Crippen LogP contribution in [0.3, 0.4) is 0 Å². The van der Waals surface area contributed by atoms with E-state index in [4.69, 9.17) is 0 Å². The lowest BCUT2D eigenvalue weighted by atomic mass is 9.96. The van der Waals surface area contributed by atoms with Crippen molar-refractivity contribution in [2.75, 3.05) is 7.05 Å². The fraction of sp³-hybridized carbons (Fsp3) is 0.294. The molecule has 106 valence electrons. The van der Waals surface area contributed by atoms with Crippen molar-refractivity contribution in [2.45, 2.75) is 26.3 Å². The summed E-state index contributed by atoms with van der Waals surface area (Å²) in [6.45, 7) is 4.18. The van der Waals surface area contributed by atoms with Gasteiger partial charge < -0.3 is 5.32 Å². The van der Waals surface area contributed by atoms with Crippen molar-refractivity contribution in [2.24, 2.45) is 0 Å². The number of nitrogens with one attached hydrogen (secondary N) is 1. The Morgan fingerprint density at radius 3 is 2.35 bits per heavy atom. The summed E-state index contributed by atoms with van der Waals surface area (Å²) >= 11 is 3.41. The number of rotatable bonds is 4. The molecule has 2 aromatic rings. The Hall–Kier alpha value is -1.19. The van der Waals surface area contributed by atoms with Gasteiger partial charge in [-0.1, -0.05) is 45.3 Å². The zero-order valence-corrected chi connectivity index (χ0v) is 13.6. The van der Waals surface area contributed by atoms with Gasteiger partial charge in [-0.2, -0.15) is 0 Å². The zero-order valence-electron chi connectivity index (χ0n) is 12.0. The van der Waals surface area contributed by atoms with E-state index in [1.54, 1.807) is 6.07 Å². The van der Waals surface area contributed by atoms with Crippen molar-refractivity contribution >= 4 is 15.9 Å². The van der Waals surface area contributed by atoms with E-state index in [0.29, 0.717) is 5.56 Å². The fourth-order valence-corrected chi connectivity index (χ4v) is 2.95. The first-order chi connectivity index (χ1) is 9.49. The average molecular weight is 336 g/mol. The van der Waals surface area contributed by atoms with E-state index in [1.165, 1.54) is 22.8 Å². The molecular weight excluding hydrogens is 317 g/mol. The van der Waals surface area contributed by atoms with Gasteiger partial charge in [0.05, 0.1) is 0 Å². The third kappa shape index (κ3) is 3.68. The summed E-state index contributed by atoms with van der Waals surface area (Å²) in [6.07, 6.45) is 0.770. The Morgan fingerprint density at radius 2 is 1.75 bits per heavy atom. The molecule has 0 saturated heterocycles. The number of halogens is 2. The van der Waals surface area contributed by atoms with Crippen LogP contribution in [0.1, 0.15) is 28.3 Å². The van der Waals surface area contributed by atoms with Crippen LogP contribution in [0.5, 0.6) is 0 Å². The molecule has 1 atom stereocenters. The summed E-state index contributed by atoms with van der Waals surface area (Å²) in [7, 11) is 1.87. The van der Waals surface area contributed by atoms with Crippen LogP contribution in [-0.4, -0.2) is 7.05 Å². The molecule has 0 saturated carbocycles. The van der Waals surface area contributed by atoms with Crippen LogP contribution in [0.15, 0.2) is 40.9 Å². The molecule has 0 radical (unpaired) electrons. The molecule has 3 heteroatoms. The van der Waals surface area contributed by atoms with Crippen LogP contribution in [-0.2, 0) is 6.42 Å². The van der Waals surface area contributed by atoms with E-state index in [0.717, 1.165) is 10.9 Å². The van der Waals surface area contributed by atoms with Gasteiger partial charge in [0.2, 0.25) is 0 Å². The predicted octanol–water partition coefficient (Wildman–Crippen LogP) is 4.71. The van der Waals surface area contributed by atoms with Gasteiger partial charge in [-0.05, 0) is 51.1 Å². The minimum Gasteiger partial charge on any atom is -0.313 e. The predicted molar refractivity (Wildman–Crippen MR) is 85.5 cm³/mol. The number of aryl methyl sites for hydroxylation is 2. The van der Waals surface area contributed by atoms with Gasteiger partial charge in [-0.25, -0.2) is 4.39 Å². The Bertz CT molecular complexity index is 590. The lowest BCUT2D eigenvalue weighted by Gasteiger charge is -2.18. The second-order valence-electron chi connectivity index (χ2n) is 5.21. The monoisotopic (exact) mass is 335 g/mol. The van der Waals surface area contributed by atoms with E-state index in [2.05, 4.69) is 53.3 Å². The maximum Gasteiger partial charge on any atom is 0.128 e. The number of hydrogen-bond donors (Lipinski definition) is 1. The molecule has 0 aliphatic carbocycles. The van der Waals surface area contributed by atoms with Gasteiger partial charge in [0, 0.05) is 16.1 Å². The molecule has 1 N–H and O–H groups in total. The molecule has 0 spiro atoms. The van der Waals surface area contributed by atoms with Crippen molar-refractivity contribution in [1.82, 2.24) is 5.32 Å². The molecule has 20 heavy (non-hydrogen) atoms. The van der Waals surface area contributed by atoms with Crippen LogP contribution in [0, 0.1) is 19.7 Å². The van der Waals surface area contributed by atoms with Gasteiger partial charge in [0.1, 0.15) is 5.82 Å². The maximum atomic E-state index is 14.0. The molecule has 0 amide bonds. The summed E-state index contributed by atoms with van der Waals surface area (Å²) in [5.74, 6) is -0.170. The number of benzene rings is 2. The molecule has 0 aliphatic rings. The second kappa shape index (κ2) is 6.51. The minimum atomic E-state index is -0.170. The molecule has 0 bridgehead atoms. The van der Waals surface area contributed by atoms with Crippen LogP contribution in [0.2, 0.25) is 0 Å². The fourth-order valence-electron chi connectivity index (χ4n) is 2.57. The third-order valence-electron chi connectivity index (χ3n) is 3.40. The van der Waals surface area contributed by atoms with Crippen LogP contribution >= 0.6 is 15.9 Å². The highest BCUT2D eigenvalue weighted by molar-refractivity contribution is 9.10. The van der Waals surface area contributed by atoms with Crippen LogP contribution in [0.4, 0.5) is 4.39 Å².